The highest BCUT2D eigenvalue weighted by Crippen LogP contribution is 2.17. The number of hydrogen-bond donors (Lipinski definition) is 0. The molecule has 88 valence electrons. The molecular weight excluding hydrogens is 218 g/mol. The average Bonchev–Trinajstić information content (AvgIpc) is 2.78. The van der Waals surface area contributed by atoms with Gasteiger partial charge in [-0.3, -0.25) is 4.79 Å². The Morgan fingerprint density at radius 2 is 2.50 bits per heavy atom. The van der Waals surface area contributed by atoms with Crippen LogP contribution >= 0.6 is 11.3 Å². The van der Waals surface area contributed by atoms with Gasteiger partial charge in [0.15, 0.2) is 0 Å². The van der Waals surface area contributed by atoms with Gasteiger partial charge in [-0.15, -0.1) is 11.3 Å². The minimum atomic E-state index is 0.333. The third-order valence-corrected chi connectivity index (χ3v) is 4.11. The van der Waals surface area contributed by atoms with Crippen LogP contribution < -0.4 is 0 Å². The maximum absolute atomic E-state index is 12.0. The van der Waals surface area contributed by atoms with E-state index in [1.165, 1.54) is 17.7 Å². The normalized spacial score (nSPS) is 21.1. The number of rotatable bonds is 3. The number of thiophene rings is 1. The third kappa shape index (κ3) is 3.08. The van der Waals surface area contributed by atoms with Crippen LogP contribution in [-0.4, -0.2) is 23.9 Å². The van der Waals surface area contributed by atoms with E-state index in [1.807, 2.05) is 11.0 Å². The van der Waals surface area contributed by atoms with E-state index in [0.29, 0.717) is 18.2 Å². The summed E-state index contributed by atoms with van der Waals surface area (Å²) in [5.41, 5.74) is 0. The predicted octanol–water partition coefficient (Wildman–Crippen LogP) is 2.94. The van der Waals surface area contributed by atoms with Gasteiger partial charge in [-0.05, 0) is 36.6 Å². The fraction of sp³-hybridized carbons (Fsp3) is 0.615. The van der Waals surface area contributed by atoms with E-state index in [2.05, 4.69) is 18.4 Å². The number of nitrogens with zero attached hydrogens (tertiary/aromatic N) is 1. The van der Waals surface area contributed by atoms with Gasteiger partial charge in [0.2, 0.25) is 5.91 Å². The van der Waals surface area contributed by atoms with Gasteiger partial charge >= 0.3 is 0 Å². The average molecular weight is 237 g/mol. The predicted molar refractivity (Wildman–Crippen MR) is 67.6 cm³/mol. The Bertz CT molecular complexity index is 334. The van der Waals surface area contributed by atoms with Crippen molar-refractivity contribution < 1.29 is 4.79 Å². The van der Waals surface area contributed by atoms with Crippen LogP contribution in [0.5, 0.6) is 0 Å². The lowest BCUT2D eigenvalue weighted by atomic mass is 10.00. The summed E-state index contributed by atoms with van der Waals surface area (Å²) in [7, 11) is 0. The summed E-state index contributed by atoms with van der Waals surface area (Å²) >= 11 is 1.74. The van der Waals surface area contributed by atoms with Crippen molar-refractivity contribution >= 4 is 17.2 Å². The molecule has 0 aliphatic carbocycles. The van der Waals surface area contributed by atoms with Gasteiger partial charge in [-0.25, -0.2) is 0 Å². The van der Waals surface area contributed by atoms with E-state index in [9.17, 15) is 4.79 Å². The van der Waals surface area contributed by atoms with Crippen molar-refractivity contribution in [3.8, 4) is 0 Å². The Morgan fingerprint density at radius 1 is 1.62 bits per heavy atom. The second-order valence-corrected chi connectivity index (χ2v) is 5.70. The standard InChI is InChI=1S/C13H19NOS/c1-11-4-2-8-14(10-11)13(15)7-6-12-5-3-9-16-12/h3,5,9,11H,2,4,6-8,10H2,1H3/t11-/m1/s1. The molecule has 2 nitrogen and oxygen atoms in total. The van der Waals surface area contributed by atoms with Crippen LogP contribution in [0.25, 0.3) is 0 Å². The molecule has 2 rings (SSSR count). The van der Waals surface area contributed by atoms with Gasteiger partial charge in [-0.1, -0.05) is 13.0 Å². The first kappa shape index (κ1) is 11.6. The molecule has 0 N–H and O–H groups in total. The number of amides is 1. The first-order valence-electron chi connectivity index (χ1n) is 6.06. The molecule has 1 aromatic rings. The zero-order valence-corrected chi connectivity index (χ0v) is 10.6. The van der Waals surface area contributed by atoms with Gasteiger partial charge in [-0.2, -0.15) is 0 Å². The molecule has 2 heterocycles. The van der Waals surface area contributed by atoms with Crippen molar-refractivity contribution in [3.63, 3.8) is 0 Å². The molecule has 1 amide bonds. The first-order chi connectivity index (χ1) is 7.75. The van der Waals surface area contributed by atoms with Crippen LogP contribution in [-0.2, 0) is 11.2 Å². The number of likely N-dealkylation sites (tertiary alicyclic amines) is 1. The lowest BCUT2D eigenvalue weighted by Crippen LogP contribution is -2.39. The molecule has 1 aliphatic heterocycles. The summed E-state index contributed by atoms with van der Waals surface area (Å²) < 4.78 is 0. The third-order valence-electron chi connectivity index (χ3n) is 3.18. The largest absolute Gasteiger partial charge is 0.342 e. The summed E-state index contributed by atoms with van der Waals surface area (Å²) in [4.78, 5) is 15.3. The molecule has 1 atom stereocenters. The Morgan fingerprint density at radius 3 is 3.19 bits per heavy atom. The molecule has 0 spiro atoms. The van der Waals surface area contributed by atoms with Crippen LogP contribution in [0.15, 0.2) is 17.5 Å². The van der Waals surface area contributed by atoms with Crippen molar-refractivity contribution in [3.05, 3.63) is 22.4 Å². The number of hydrogen-bond acceptors (Lipinski definition) is 2. The van der Waals surface area contributed by atoms with E-state index < -0.39 is 0 Å². The van der Waals surface area contributed by atoms with Crippen molar-refractivity contribution in [2.45, 2.75) is 32.6 Å². The second kappa shape index (κ2) is 5.48. The molecule has 0 unspecified atom stereocenters. The maximum atomic E-state index is 12.0. The molecule has 1 saturated heterocycles. The van der Waals surface area contributed by atoms with Crippen LogP contribution in [0.3, 0.4) is 0 Å². The van der Waals surface area contributed by atoms with Crippen molar-refractivity contribution in [2.24, 2.45) is 5.92 Å². The number of carbonyl (C=O) groups excluding carboxylic acids is 1. The monoisotopic (exact) mass is 237 g/mol. The molecule has 0 bridgehead atoms. The van der Waals surface area contributed by atoms with E-state index in [4.69, 9.17) is 0 Å². The molecule has 1 aromatic heterocycles. The highest BCUT2D eigenvalue weighted by atomic mass is 32.1. The zero-order valence-electron chi connectivity index (χ0n) is 9.82. The molecule has 16 heavy (non-hydrogen) atoms. The highest BCUT2D eigenvalue weighted by molar-refractivity contribution is 7.09. The smallest absolute Gasteiger partial charge is 0.222 e. The number of aryl methyl sites for hydroxylation is 1. The molecule has 3 heteroatoms. The topological polar surface area (TPSA) is 20.3 Å². The molecule has 1 fully saturated rings. The fourth-order valence-electron chi connectivity index (χ4n) is 2.26. The summed E-state index contributed by atoms with van der Waals surface area (Å²) in [5, 5.41) is 2.07. The number of carbonyl (C=O) groups is 1. The fourth-order valence-corrected chi connectivity index (χ4v) is 2.97. The van der Waals surface area contributed by atoms with E-state index >= 15 is 0 Å². The summed E-state index contributed by atoms with van der Waals surface area (Å²) in [6.45, 7) is 4.16. The first-order valence-corrected chi connectivity index (χ1v) is 6.94. The lowest BCUT2D eigenvalue weighted by molar-refractivity contribution is -0.132. The molecule has 0 aromatic carbocycles. The van der Waals surface area contributed by atoms with E-state index in [-0.39, 0.29) is 0 Å². The Kier molecular flexibility index (Phi) is 3.99. The van der Waals surface area contributed by atoms with Gasteiger partial charge in [0.05, 0.1) is 0 Å². The van der Waals surface area contributed by atoms with Gasteiger partial charge < -0.3 is 4.90 Å². The van der Waals surface area contributed by atoms with Crippen molar-refractivity contribution in [1.29, 1.82) is 0 Å². The van der Waals surface area contributed by atoms with Crippen LogP contribution in [0.1, 0.15) is 31.1 Å². The zero-order chi connectivity index (χ0) is 11.4. The summed E-state index contributed by atoms with van der Waals surface area (Å²) in [6, 6.07) is 4.16. The molecule has 1 aliphatic rings. The van der Waals surface area contributed by atoms with Gasteiger partial charge in [0, 0.05) is 24.4 Å². The van der Waals surface area contributed by atoms with Crippen LogP contribution in [0, 0.1) is 5.92 Å². The maximum Gasteiger partial charge on any atom is 0.222 e. The Balaban J connectivity index is 1.79. The quantitative estimate of drug-likeness (QED) is 0.791. The van der Waals surface area contributed by atoms with E-state index in [0.717, 1.165) is 19.5 Å². The summed E-state index contributed by atoms with van der Waals surface area (Å²) in [6.07, 6.45) is 4.02. The lowest BCUT2D eigenvalue weighted by Gasteiger charge is -2.31. The Hall–Kier alpha value is -0.830. The molecule has 0 radical (unpaired) electrons. The number of piperidine rings is 1. The van der Waals surface area contributed by atoms with Crippen molar-refractivity contribution in [2.75, 3.05) is 13.1 Å². The van der Waals surface area contributed by atoms with Gasteiger partial charge in [0.1, 0.15) is 0 Å². The minimum Gasteiger partial charge on any atom is -0.342 e. The summed E-state index contributed by atoms with van der Waals surface area (Å²) in [5.74, 6) is 1.01. The van der Waals surface area contributed by atoms with Crippen LogP contribution in [0.2, 0.25) is 0 Å². The second-order valence-electron chi connectivity index (χ2n) is 4.67. The van der Waals surface area contributed by atoms with E-state index in [1.54, 1.807) is 11.3 Å². The SMILES string of the molecule is C[C@@H]1CCCN(C(=O)CCc2cccs2)C1. The van der Waals surface area contributed by atoms with Crippen LogP contribution in [0.4, 0.5) is 0 Å². The van der Waals surface area contributed by atoms with Crippen molar-refractivity contribution in [1.82, 2.24) is 4.90 Å². The minimum absolute atomic E-state index is 0.333. The molecular formula is C13H19NOS. The van der Waals surface area contributed by atoms with Gasteiger partial charge in [0.25, 0.3) is 0 Å². The molecule has 0 saturated carbocycles. The highest BCUT2D eigenvalue weighted by Gasteiger charge is 2.20. The Labute approximate surface area is 101 Å².